The van der Waals surface area contributed by atoms with Gasteiger partial charge in [0, 0.05) is 11.8 Å². The molecule has 12 unspecified atom stereocenters. The van der Waals surface area contributed by atoms with Crippen LogP contribution in [0.15, 0.2) is 60.6 Å². The smallest absolute Gasteiger partial charge is 0.338 e. The van der Waals surface area contributed by atoms with Gasteiger partial charge in [0.1, 0.15) is 42.9 Å². The van der Waals surface area contributed by atoms with E-state index in [9.17, 15) is 45.0 Å². The number of methoxy groups -OCH3 is 2. The molecule has 330 valence electrons. The maximum atomic E-state index is 14.0. The van der Waals surface area contributed by atoms with E-state index in [1.54, 1.807) is 30.3 Å². The topological polar surface area (TPSA) is 268 Å². The van der Waals surface area contributed by atoms with Gasteiger partial charge in [-0.1, -0.05) is 50.3 Å². The van der Waals surface area contributed by atoms with Crippen molar-refractivity contribution in [2.24, 2.45) is 5.92 Å². The van der Waals surface area contributed by atoms with E-state index in [0.717, 1.165) is 38.4 Å². The standard InChI is InChI=1S/C41H53NO18/c1-52-25-14-13-23(18-27(25)53-2)42-37(48)35-33(60-40-32(47)30(45)24(44)20-55-40)26(15-16-54-35)57-41-36(59-39(51)22-11-7-4-8-12-22)34(31(46)29(19-43)58-41)56-28(38(49)50)17-21-9-5-3-6-10-21/h4,7-8,11-14,18,20-21,26,28-36,40-41,43-47H,3,5-6,9-10,15-17,19H2,1-2H3,(H,42,48)(H,49,50). The molecular weight excluding hydrogens is 794 g/mol. The molecule has 4 aliphatic rings. The molecule has 0 radical (unpaired) electrons. The van der Waals surface area contributed by atoms with E-state index in [1.807, 2.05) is 0 Å². The lowest BCUT2D eigenvalue weighted by Gasteiger charge is -2.47. The fourth-order valence-corrected chi connectivity index (χ4v) is 7.80. The highest BCUT2D eigenvalue weighted by Crippen LogP contribution is 2.36. The molecule has 1 saturated carbocycles. The zero-order chi connectivity index (χ0) is 42.9. The number of carbonyl (C=O) groups is 3. The largest absolute Gasteiger partial charge is 0.506 e. The highest BCUT2D eigenvalue weighted by Gasteiger charge is 2.53. The molecule has 60 heavy (non-hydrogen) atoms. The number of carboxylic acids is 1. The summed E-state index contributed by atoms with van der Waals surface area (Å²) in [5.74, 6) is -2.92. The molecule has 2 aromatic rings. The number of esters is 1. The molecule has 7 N–H and O–H groups in total. The highest BCUT2D eigenvalue weighted by molar-refractivity contribution is 5.95. The van der Waals surface area contributed by atoms with Gasteiger partial charge in [-0.05, 0) is 43.0 Å². The molecule has 3 fully saturated rings. The Morgan fingerprint density at radius 2 is 1.60 bits per heavy atom. The summed E-state index contributed by atoms with van der Waals surface area (Å²) < 4.78 is 52.7. The molecule has 2 aromatic carbocycles. The summed E-state index contributed by atoms with van der Waals surface area (Å²) in [7, 11) is 2.87. The first-order chi connectivity index (χ1) is 28.9. The number of hydrogen-bond acceptors (Lipinski definition) is 17. The summed E-state index contributed by atoms with van der Waals surface area (Å²) in [4.78, 5) is 40.4. The highest BCUT2D eigenvalue weighted by atomic mass is 16.7. The number of amides is 1. The van der Waals surface area contributed by atoms with Gasteiger partial charge in [0.25, 0.3) is 5.91 Å². The van der Waals surface area contributed by atoms with Gasteiger partial charge in [-0.3, -0.25) is 4.79 Å². The predicted octanol–water partition coefficient (Wildman–Crippen LogP) is 1.79. The van der Waals surface area contributed by atoms with Crippen molar-refractivity contribution >= 4 is 23.5 Å². The lowest BCUT2D eigenvalue weighted by Crippen LogP contribution is -2.64. The number of hydrogen-bond donors (Lipinski definition) is 7. The molecule has 3 aliphatic heterocycles. The van der Waals surface area contributed by atoms with Crippen LogP contribution in [0.3, 0.4) is 0 Å². The molecule has 6 rings (SSSR count). The SMILES string of the molecule is COc1ccc(NC(=O)C2OCCC(OC3OC(CO)C(O)C(OC(CC4CCCCC4)C(=O)O)C3OC(=O)c3ccccc3)C2OC2OC=C(O)C(O)C2O)cc1OC. The van der Waals surface area contributed by atoms with Crippen molar-refractivity contribution in [2.45, 2.75) is 119 Å². The summed E-state index contributed by atoms with van der Waals surface area (Å²) in [5, 5.41) is 66.2. The first kappa shape index (κ1) is 45.0. The fourth-order valence-electron chi connectivity index (χ4n) is 7.80. The normalized spacial score (nSPS) is 31.5. The van der Waals surface area contributed by atoms with Crippen LogP contribution in [-0.4, -0.2) is 150 Å². The van der Waals surface area contributed by atoms with Gasteiger partial charge in [0.05, 0.1) is 39.1 Å². The summed E-state index contributed by atoms with van der Waals surface area (Å²) in [5.41, 5.74) is 0.369. The molecule has 12 atom stereocenters. The zero-order valence-electron chi connectivity index (χ0n) is 33.1. The van der Waals surface area contributed by atoms with Crippen LogP contribution in [0.4, 0.5) is 5.69 Å². The lowest BCUT2D eigenvalue weighted by molar-refractivity contribution is -0.341. The molecule has 19 nitrogen and oxygen atoms in total. The minimum atomic E-state index is -1.86. The van der Waals surface area contributed by atoms with Crippen LogP contribution in [-0.2, 0) is 42.7 Å². The minimum absolute atomic E-state index is 0.0256. The van der Waals surface area contributed by atoms with E-state index >= 15 is 0 Å². The third kappa shape index (κ3) is 10.7. The maximum Gasteiger partial charge on any atom is 0.338 e. The van der Waals surface area contributed by atoms with Gasteiger partial charge < -0.3 is 78.6 Å². The Morgan fingerprint density at radius 3 is 2.28 bits per heavy atom. The average molecular weight is 848 g/mol. The Hall–Kier alpha value is -4.57. The summed E-state index contributed by atoms with van der Waals surface area (Å²) in [6.45, 7) is -0.915. The van der Waals surface area contributed by atoms with Gasteiger partial charge in [-0.15, -0.1) is 0 Å². The third-order valence-electron chi connectivity index (χ3n) is 11.0. The number of carbonyl (C=O) groups excluding carboxylic acids is 2. The molecule has 19 heteroatoms. The van der Waals surface area contributed by atoms with Crippen LogP contribution in [0.1, 0.15) is 55.3 Å². The van der Waals surface area contributed by atoms with Gasteiger partial charge in [0.15, 0.2) is 41.9 Å². The van der Waals surface area contributed by atoms with E-state index in [2.05, 4.69) is 5.32 Å². The van der Waals surface area contributed by atoms with Gasteiger partial charge in [-0.25, -0.2) is 9.59 Å². The number of anilines is 1. The average Bonchev–Trinajstić information content (AvgIpc) is 3.26. The molecule has 0 spiro atoms. The van der Waals surface area contributed by atoms with Gasteiger partial charge >= 0.3 is 11.9 Å². The molecule has 1 aliphatic carbocycles. The van der Waals surface area contributed by atoms with Gasteiger partial charge in [0.2, 0.25) is 6.29 Å². The summed E-state index contributed by atoms with van der Waals surface area (Å²) in [6, 6.07) is 12.5. The second-order valence-corrected chi connectivity index (χ2v) is 15.0. The van der Waals surface area contributed by atoms with Crippen molar-refractivity contribution in [3.63, 3.8) is 0 Å². The van der Waals surface area contributed by atoms with E-state index in [-0.39, 0.29) is 36.6 Å². The van der Waals surface area contributed by atoms with E-state index in [0.29, 0.717) is 11.5 Å². The summed E-state index contributed by atoms with van der Waals surface area (Å²) in [6.07, 6.45) is -14.0. The Bertz CT molecular complexity index is 1770. The first-order valence-electron chi connectivity index (χ1n) is 19.9. The zero-order valence-corrected chi connectivity index (χ0v) is 33.1. The van der Waals surface area contributed by atoms with E-state index < -0.39 is 104 Å². The fraction of sp³-hybridized carbons (Fsp3) is 0.585. The predicted molar refractivity (Wildman–Crippen MR) is 205 cm³/mol. The monoisotopic (exact) mass is 847 g/mol. The van der Waals surface area contributed by atoms with E-state index in [1.165, 1.54) is 32.4 Å². The molecule has 2 saturated heterocycles. The molecule has 3 heterocycles. The second kappa shape index (κ2) is 20.8. The van der Waals surface area contributed by atoms with Crippen LogP contribution >= 0.6 is 0 Å². The Labute approximate surface area is 345 Å². The Kier molecular flexibility index (Phi) is 15.6. The third-order valence-corrected chi connectivity index (χ3v) is 11.0. The molecule has 1 amide bonds. The molecule has 0 aromatic heterocycles. The number of rotatable bonds is 16. The number of ether oxygens (including phenoxy) is 9. The van der Waals surface area contributed by atoms with Crippen LogP contribution < -0.4 is 14.8 Å². The van der Waals surface area contributed by atoms with Crippen molar-refractivity contribution in [2.75, 3.05) is 32.8 Å². The van der Waals surface area contributed by atoms with E-state index in [4.69, 9.17) is 42.6 Å². The number of benzene rings is 2. The van der Waals surface area contributed by atoms with Crippen molar-refractivity contribution in [3.8, 4) is 11.5 Å². The first-order valence-corrected chi connectivity index (χ1v) is 19.9. The van der Waals surface area contributed by atoms with Crippen LogP contribution in [0.2, 0.25) is 0 Å². The minimum Gasteiger partial charge on any atom is -0.506 e. The number of nitrogens with one attached hydrogen (secondary N) is 1. The number of carboxylic acid groups (broad SMARTS) is 1. The van der Waals surface area contributed by atoms with Crippen LogP contribution in [0, 0.1) is 5.92 Å². The van der Waals surface area contributed by atoms with Crippen molar-refractivity contribution in [1.29, 1.82) is 0 Å². The number of aliphatic carboxylic acids is 1. The Morgan fingerprint density at radius 1 is 0.867 bits per heavy atom. The Balaban J connectivity index is 1.33. The van der Waals surface area contributed by atoms with Crippen molar-refractivity contribution < 1.29 is 87.7 Å². The lowest BCUT2D eigenvalue weighted by atomic mass is 9.85. The quantitative estimate of drug-likeness (QED) is 0.119. The maximum absolute atomic E-state index is 14.0. The number of aliphatic hydroxyl groups is 5. The molecule has 0 bridgehead atoms. The summed E-state index contributed by atoms with van der Waals surface area (Å²) >= 11 is 0. The van der Waals surface area contributed by atoms with Gasteiger partial charge in [-0.2, -0.15) is 0 Å². The number of aliphatic hydroxyl groups excluding tert-OH is 5. The van der Waals surface area contributed by atoms with Crippen molar-refractivity contribution in [3.05, 3.63) is 66.1 Å². The van der Waals surface area contributed by atoms with Crippen molar-refractivity contribution in [1.82, 2.24) is 0 Å². The molecular formula is C41H53NO18. The van der Waals surface area contributed by atoms with Crippen LogP contribution in [0.25, 0.3) is 0 Å². The van der Waals surface area contributed by atoms with Crippen LogP contribution in [0.5, 0.6) is 11.5 Å². The second-order valence-electron chi connectivity index (χ2n) is 15.0.